The molecule has 3 heterocycles. The fourth-order valence-corrected chi connectivity index (χ4v) is 1.89. The minimum atomic E-state index is -0.585. The van der Waals surface area contributed by atoms with Gasteiger partial charge >= 0.3 is 0 Å². The molecule has 0 aliphatic carbocycles. The SMILES string of the molecule is CN1C(=O)CC(Nc2nccn3cnnc23)C1=O. The van der Waals surface area contributed by atoms with E-state index < -0.39 is 6.04 Å². The van der Waals surface area contributed by atoms with Crippen LogP contribution < -0.4 is 5.32 Å². The van der Waals surface area contributed by atoms with Crippen molar-refractivity contribution in [2.45, 2.75) is 12.5 Å². The van der Waals surface area contributed by atoms with Crippen LogP contribution in [0.5, 0.6) is 0 Å². The second-order valence-corrected chi connectivity index (χ2v) is 4.03. The first kappa shape index (κ1) is 10.6. The Morgan fingerprint density at radius 1 is 1.44 bits per heavy atom. The number of carbonyl (C=O) groups is 2. The Morgan fingerprint density at radius 2 is 2.28 bits per heavy atom. The van der Waals surface area contributed by atoms with Crippen LogP contribution in [0.4, 0.5) is 5.82 Å². The summed E-state index contributed by atoms with van der Waals surface area (Å²) in [6.45, 7) is 0. The maximum Gasteiger partial charge on any atom is 0.251 e. The number of hydrogen-bond donors (Lipinski definition) is 1. The van der Waals surface area contributed by atoms with Crippen molar-refractivity contribution in [1.82, 2.24) is 24.5 Å². The van der Waals surface area contributed by atoms with E-state index in [-0.39, 0.29) is 18.2 Å². The monoisotopic (exact) mass is 246 g/mol. The van der Waals surface area contributed by atoms with E-state index in [2.05, 4.69) is 20.5 Å². The normalized spacial score (nSPS) is 19.8. The van der Waals surface area contributed by atoms with Crippen molar-refractivity contribution in [2.75, 3.05) is 12.4 Å². The predicted octanol–water partition coefficient (Wildman–Crippen LogP) is -0.707. The molecule has 1 fully saturated rings. The topological polar surface area (TPSA) is 92.5 Å². The summed E-state index contributed by atoms with van der Waals surface area (Å²) in [5.41, 5.74) is 0.521. The Bertz CT molecular complexity index is 636. The first-order valence-corrected chi connectivity index (χ1v) is 5.38. The third-order valence-electron chi connectivity index (χ3n) is 2.91. The van der Waals surface area contributed by atoms with Gasteiger partial charge in [-0.2, -0.15) is 0 Å². The van der Waals surface area contributed by atoms with Crippen molar-refractivity contribution in [3.63, 3.8) is 0 Å². The summed E-state index contributed by atoms with van der Waals surface area (Å²) in [5, 5.41) is 10.6. The molecule has 0 saturated carbocycles. The molecular formula is C10H10N6O2. The van der Waals surface area contributed by atoms with E-state index in [1.807, 2.05) is 0 Å². The van der Waals surface area contributed by atoms with Gasteiger partial charge in [0.05, 0.1) is 6.42 Å². The maximum absolute atomic E-state index is 11.8. The molecule has 1 saturated heterocycles. The number of fused-ring (bicyclic) bond motifs is 1. The first-order chi connectivity index (χ1) is 8.66. The molecule has 18 heavy (non-hydrogen) atoms. The smallest absolute Gasteiger partial charge is 0.251 e. The molecule has 0 radical (unpaired) electrons. The van der Waals surface area contributed by atoms with Crippen LogP contribution in [0.15, 0.2) is 18.7 Å². The van der Waals surface area contributed by atoms with E-state index in [4.69, 9.17) is 0 Å². The second-order valence-electron chi connectivity index (χ2n) is 4.03. The number of amides is 2. The van der Waals surface area contributed by atoms with Gasteiger partial charge in [0.1, 0.15) is 12.4 Å². The molecule has 8 nitrogen and oxygen atoms in total. The maximum atomic E-state index is 11.8. The molecule has 1 unspecified atom stereocenters. The van der Waals surface area contributed by atoms with Gasteiger partial charge in [0, 0.05) is 19.4 Å². The molecule has 2 aromatic rings. The zero-order valence-corrected chi connectivity index (χ0v) is 9.57. The minimum absolute atomic E-state index is 0.131. The summed E-state index contributed by atoms with van der Waals surface area (Å²) in [5.74, 6) is -0.0225. The van der Waals surface area contributed by atoms with E-state index in [9.17, 15) is 9.59 Å². The Kier molecular flexibility index (Phi) is 2.22. The summed E-state index contributed by atoms with van der Waals surface area (Å²) in [6.07, 6.45) is 4.94. The number of hydrogen-bond acceptors (Lipinski definition) is 6. The lowest BCUT2D eigenvalue weighted by Gasteiger charge is -2.11. The number of likely N-dealkylation sites (N-methyl/N-ethyl adjacent to an activating group) is 1. The molecule has 2 aromatic heterocycles. The molecule has 0 bridgehead atoms. The highest BCUT2D eigenvalue weighted by Gasteiger charge is 2.36. The van der Waals surface area contributed by atoms with Crippen molar-refractivity contribution < 1.29 is 9.59 Å². The van der Waals surface area contributed by atoms with Crippen molar-refractivity contribution in [2.24, 2.45) is 0 Å². The highest BCUT2D eigenvalue weighted by Crippen LogP contribution is 2.17. The van der Waals surface area contributed by atoms with Crippen LogP contribution in [0.3, 0.4) is 0 Å². The van der Waals surface area contributed by atoms with Crippen LogP contribution >= 0.6 is 0 Å². The highest BCUT2D eigenvalue weighted by molar-refractivity contribution is 6.06. The van der Waals surface area contributed by atoms with E-state index >= 15 is 0 Å². The van der Waals surface area contributed by atoms with Crippen LogP contribution in [0.25, 0.3) is 5.65 Å². The summed E-state index contributed by atoms with van der Waals surface area (Å²) in [7, 11) is 1.47. The quantitative estimate of drug-likeness (QED) is 0.704. The molecule has 1 atom stereocenters. The molecule has 8 heteroatoms. The molecule has 1 aliphatic rings. The summed E-state index contributed by atoms with van der Waals surface area (Å²) in [4.78, 5) is 28.4. The Hall–Kier alpha value is -2.51. The number of aromatic nitrogens is 4. The summed E-state index contributed by atoms with van der Waals surface area (Å²) >= 11 is 0. The average Bonchev–Trinajstić information content (AvgIpc) is 2.92. The number of nitrogens with one attached hydrogen (secondary N) is 1. The van der Waals surface area contributed by atoms with Crippen LogP contribution in [-0.4, -0.2) is 49.4 Å². The van der Waals surface area contributed by atoms with Gasteiger partial charge in [-0.25, -0.2) is 4.98 Å². The zero-order valence-electron chi connectivity index (χ0n) is 9.57. The Balaban J connectivity index is 1.91. The van der Waals surface area contributed by atoms with Gasteiger partial charge in [-0.15, -0.1) is 10.2 Å². The van der Waals surface area contributed by atoms with Gasteiger partial charge in [0.2, 0.25) is 11.6 Å². The van der Waals surface area contributed by atoms with Gasteiger partial charge in [-0.05, 0) is 0 Å². The van der Waals surface area contributed by atoms with Crippen molar-refractivity contribution >= 4 is 23.3 Å². The van der Waals surface area contributed by atoms with Gasteiger partial charge in [-0.1, -0.05) is 0 Å². The van der Waals surface area contributed by atoms with Gasteiger partial charge in [0.25, 0.3) is 5.91 Å². The molecule has 0 aromatic carbocycles. The lowest BCUT2D eigenvalue weighted by atomic mass is 10.2. The summed E-state index contributed by atoms with van der Waals surface area (Å²) in [6, 6.07) is -0.585. The number of nitrogens with zero attached hydrogens (tertiary/aromatic N) is 5. The third kappa shape index (κ3) is 1.50. The van der Waals surface area contributed by atoms with E-state index in [0.29, 0.717) is 11.5 Å². The third-order valence-corrected chi connectivity index (χ3v) is 2.91. The van der Waals surface area contributed by atoms with Crippen LogP contribution in [-0.2, 0) is 9.59 Å². The van der Waals surface area contributed by atoms with E-state index in [1.165, 1.54) is 13.4 Å². The van der Waals surface area contributed by atoms with Crippen molar-refractivity contribution in [1.29, 1.82) is 0 Å². The lowest BCUT2D eigenvalue weighted by Crippen LogP contribution is -2.32. The van der Waals surface area contributed by atoms with Crippen LogP contribution in [0.2, 0.25) is 0 Å². The number of likely N-dealkylation sites (tertiary alicyclic amines) is 1. The van der Waals surface area contributed by atoms with Gasteiger partial charge in [-0.3, -0.25) is 18.9 Å². The molecule has 1 N–H and O–H groups in total. The number of carbonyl (C=O) groups excluding carboxylic acids is 2. The first-order valence-electron chi connectivity index (χ1n) is 5.38. The molecule has 1 aliphatic heterocycles. The van der Waals surface area contributed by atoms with E-state index in [0.717, 1.165) is 4.90 Å². The Morgan fingerprint density at radius 3 is 3.00 bits per heavy atom. The van der Waals surface area contributed by atoms with Gasteiger partial charge < -0.3 is 5.32 Å². The van der Waals surface area contributed by atoms with Gasteiger partial charge in [0.15, 0.2) is 5.82 Å². The predicted molar refractivity (Wildman–Crippen MR) is 60.6 cm³/mol. The number of anilines is 1. The summed E-state index contributed by atoms with van der Waals surface area (Å²) < 4.78 is 1.68. The molecular weight excluding hydrogens is 236 g/mol. The Labute approximate surface area is 102 Å². The fraction of sp³-hybridized carbons (Fsp3) is 0.300. The highest BCUT2D eigenvalue weighted by atomic mass is 16.2. The largest absolute Gasteiger partial charge is 0.355 e. The molecule has 3 rings (SSSR count). The lowest BCUT2D eigenvalue weighted by molar-refractivity contribution is -0.136. The number of imide groups is 1. The van der Waals surface area contributed by atoms with Crippen molar-refractivity contribution in [3.8, 4) is 0 Å². The average molecular weight is 246 g/mol. The second kappa shape index (κ2) is 3.76. The standard InChI is InChI=1S/C10H10N6O2/c1-15-7(17)4-6(10(15)18)13-8-9-14-12-5-16(9)3-2-11-8/h2-3,5-6H,4H2,1H3,(H,11,13). The number of rotatable bonds is 2. The molecule has 2 amide bonds. The van der Waals surface area contributed by atoms with E-state index in [1.54, 1.807) is 16.8 Å². The van der Waals surface area contributed by atoms with Crippen LogP contribution in [0, 0.1) is 0 Å². The fourth-order valence-electron chi connectivity index (χ4n) is 1.89. The minimum Gasteiger partial charge on any atom is -0.355 e. The molecule has 0 spiro atoms. The molecule has 92 valence electrons. The van der Waals surface area contributed by atoms with Crippen LogP contribution in [0.1, 0.15) is 6.42 Å². The van der Waals surface area contributed by atoms with Crippen molar-refractivity contribution in [3.05, 3.63) is 18.7 Å². The zero-order chi connectivity index (χ0) is 12.7.